The van der Waals surface area contributed by atoms with Gasteiger partial charge in [0.15, 0.2) is 0 Å². The summed E-state index contributed by atoms with van der Waals surface area (Å²) < 4.78 is 0. The fourth-order valence-corrected chi connectivity index (χ4v) is 2.11. The van der Waals surface area contributed by atoms with Gasteiger partial charge in [0.2, 0.25) is 0 Å². The quantitative estimate of drug-likeness (QED) is 0.795. The molecule has 0 aromatic heterocycles. The van der Waals surface area contributed by atoms with Crippen LogP contribution in [0.1, 0.15) is 31.4 Å². The van der Waals surface area contributed by atoms with Crippen LogP contribution in [0, 0.1) is 11.3 Å². The molecule has 1 fully saturated rings. The van der Waals surface area contributed by atoms with Crippen LogP contribution >= 0.6 is 0 Å². The van der Waals surface area contributed by atoms with Crippen LogP contribution < -0.4 is 11.1 Å². The van der Waals surface area contributed by atoms with Gasteiger partial charge in [-0.3, -0.25) is 0 Å². The normalized spacial score (nSPS) is 22.1. The lowest BCUT2D eigenvalue weighted by Gasteiger charge is -2.07. The number of rotatable bonds is 5. The van der Waals surface area contributed by atoms with Crippen LogP contribution in [0.25, 0.3) is 0 Å². The van der Waals surface area contributed by atoms with E-state index in [0.717, 1.165) is 19.0 Å². The third-order valence-corrected chi connectivity index (χ3v) is 3.70. The summed E-state index contributed by atoms with van der Waals surface area (Å²) in [4.78, 5) is 0. The van der Waals surface area contributed by atoms with Gasteiger partial charge in [-0.1, -0.05) is 38.1 Å². The van der Waals surface area contributed by atoms with E-state index in [2.05, 4.69) is 43.4 Å². The number of hydrogen-bond acceptors (Lipinski definition) is 2. The predicted octanol–water partition coefficient (Wildman–Crippen LogP) is 2.28. The van der Waals surface area contributed by atoms with E-state index in [1.165, 1.54) is 17.5 Å². The molecule has 2 heteroatoms. The van der Waals surface area contributed by atoms with Crippen LogP contribution in [0.3, 0.4) is 0 Å². The summed E-state index contributed by atoms with van der Waals surface area (Å²) in [6, 6.07) is 8.54. The molecule has 3 N–H and O–H groups in total. The van der Waals surface area contributed by atoms with Crippen molar-refractivity contribution in [2.75, 3.05) is 6.54 Å². The topological polar surface area (TPSA) is 38.0 Å². The molecule has 1 aliphatic rings. The molecule has 0 saturated heterocycles. The Hall–Kier alpha value is -0.860. The molecule has 0 spiro atoms. The molecule has 1 atom stereocenters. The maximum Gasteiger partial charge on any atom is 0.0205 e. The zero-order valence-corrected chi connectivity index (χ0v) is 10.3. The number of nitrogens with two attached hydrogens (primary N) is 1. The van der Waals surface area contributed by atoms with E-state index in [0.29, 0.717) is 12.0 Å². The van der Waals surface area contributed by atoms with Gasteiger partial charge >= 0.3 is 0 Å². The summed E-state index contributed by atoms with van der Waals surface area (Å²) in [5, 5.41) is 3.53. The van der Waals surface area contributed by atoms with Crippen LogP contribution in [0.2, 0.25) is 0 Å². The molecule has 1 aromatic rings. The number of nitrogens with one attached hydrogen (secondary N) is 1. The van der Waals surface area contributed by atoms with Crippen molar-refractivity contribution in [1.29, 1.82) is 0 Å². The summed E-state index contributed by atoms with van der Waals surface area (Å²) >= 11 is 0. The molecule has 1 aromatic carbocycles. The van der Waals surface area contributed by atoms with Gasteiger partial charge in [-0.05, 0) is 35.4 Å². The molecule has 16 heavy (non-hydrogen) atoms. The Bertz CT molecular complexity index is 340. The first-order valence-corrected chi connectivity index (χ1v) is 6.10. The number of benzene rings is 1. The van der Waals surface area contributed by atoms with Gasteiger partial charge in [0.1, 0.15) is 0 Å². The zero-order chi connectivity index (χ0) is 11.6. The Kier molecular flexibility index (Phi) is 3.31. The summed E-state index contributed by atoms with van der Waals surface area (Å²) in [6.45, 7) is 7.43. The largest absolute Gasteiger partial charge is 0.326 e. The molecule has 2 rings (SSSR count). The van der Waals surface area contributed by atoms with Crippen LogP contribution in [-0.2, 0) is 13.1 Å². The second-order valence-corrected chi connectivity index (χ2v) is 5.54. The van der Waals surface area contributed by atoms with Gasteiger partial charge in [-0.2, -0.15) is 0 Å². The van der Waals surface area contributed by atoms with Gasteiger partial charge in [0, 0.05) is 13.1 Å². The van der Waals surface area contributed by atoms with E-state index < -0.39 is 0 Å². The Morgan fingerprint density at radius 1 is 1.25 bits per heavy atom. The Labute approximate surface area is 98.2 Å². The monoisotopic (exact) mass is 218 g/mol. The Morgan fingerprint density at radius 3 is 2.31 bits per heavy atom. The molecule has 0 bridgehead atoms. The first-order valence-electron chi connectivity index (χ1n) is 6.10. The lowest BCUT2D eigenvalue weighted by Crippen LogP contribution is -2.18. The highest BCUT2D eigenvalue weighted by Gasteiger charge is 2.44. The summed E-state index contributed by atoms with van der Waals surface area (Å²) in [7, 11) is 0. The van der Waals surface area contributed by atoms with E-state index in [4.69, 9.17) is 5.73 Å². The minimum absolute atomic E-state index is 0.580. The smallest absolute Gasteiger partial charge is 0.0205 e. The highest BCUT2D eigenvalue weighted by molar-refractivity contribution is 5.22. The van der Waals surface area contributed by atoms with E-state index in [1.807, 2.05) is 0 Å². The number of hydrogen-bond donors (Lipinski definition) is 2. The molecular weight excluding hydrogens is 196 g/mol. The molecular formula is C14H22N2. The van der Waals surface area contributed by atoms with Crippen molar-refractivity contribution in [2.45, 2.75) is 33.4 Å². The average molecular weight is 218 g/mol. The van der Waals surface area contributed by atoms with Gasteiger partial charge in [-0.15, -0.1) is 0 Å². The first-order chi connectivity index (χ1) is 7.62. The van der Waals surface area contributed by atoms with Crippen molar-refractivity contribution in [1.82, 2.24) is 5.32 Å². The molecule has 88 valence electrons. The van der Waals surface area contributed by atoms with Crippen molar-refractivity contribution < 1.29 is 0 Å². The summed E-state index contributed by atoms with van der Waals surface area (Å²) in [6.07, 6.45) is 1.37. The molecule has 1 aliphatic carbocycles. The molecule has 2 nitrogen and oxygen atoms in total. The van der Waals surface area contributed by atoms with Gasteiger partial charge in [-0.25, -0.2) is 0 Å². The molecule has 0 amide bonds. The molecule has 0 aliphatic heterocycles. The van der Waals surface area contributed by atoms with Crippen LogP contribution in [-0.4, -0.2) is 6.54 Å². The highest BCUT2D eigenvalue weighted by atomic mass is 14.9. The van der Waals surface area contributed by atoms with Crippen molar-refractivity contribution >= 4 is 0 Å². The average Bonchev–Trinajstić information content (AvgIpc) is 2.87. The molecule has 0 radical (unpaired) electrons. The van der Waals surface area contributed by atoms with Crippen molar-refractivity contribution in [3.63, 3.8) is 0 Å². The maximum atomic E-state index is 5.56. The SMILES string of the molecule is CC1(C)CC1CNCc1ccc(CN)cc1. The second kappa shape index (κ2) is 4.56. The zero-order valence-electron chi connectivity index (χ0n) is 10.3. The lowest BCUT2D eigenvalue weighted by molar-refractivity contribution is 0.519. The molecule has 0 heterocycles. The standard InChI is InChI=1S/C14H22N2/c1-14(2)7-13(14)10-16-9-12-5-3-11(8-15)4-6-12/h3-6,13,16H,7-10,15H2,1-2H3. The van der Waals surface area contributed by atoms with Gasteiger partial charge < -0.3 is 11.1 Å². The Balaban J connectivity index is 1.73. The van der Waals surface area contributed by atoms with E-state index in [1.54, 1.807) is 0 Å². The van der Waals surface area contributed by atoms with E-state index in [9.17, 15) is 0 Å². The highest BCUT2D eigenvalue weighted by Crippen LogP contribution is 2.50. The Morgan fingerprint density at radius 2 is 1.81 bits per heavy atom. The fourth-order valence-electron chi connectivity index (χ4n) is 2.11. The van der Waals surface area contributed by atoms with Crippen molar-refractivity contribution in [2.24, 2.45) is 17.1 Å². The van der Waals surface area contributed by atoms with Crippen LogP contribution in [0.5, 0.6) is 0 Å². The van der Waals surface area contributed by atoms with Crippen molar-refractivity contribution in [3.05, 3.63) is 35.4 Å². The third-order valence-electron chi connectivity index (χ3n) is 3.70. The predicted molar refractivity (Wildman–Crippen MR) is 67.9 cm³/mol. The van der Waals surface area contributed by atoms with Gasteiger partial charge in [0.05, 0.1) is 0 Å². The minimum Gasteiger partial charge on any atom is -0.326 e. The summed E-state index contributed by atoms with van der Waals surface area (Å²) in [5.74, 6) is 0.871. The fraction of sp³-hybridized carbons (Fsp3) is 0.571. The van der Waals surface area contributed by atoms with Crippen LogP contribution in [0.15, 0.2) is 24.3 Å². The van der Waals surface area contributed by atoms with E-state index >= 15 is 0 Å². The maximum absolute atomic E-state index is 5.56. The molecule has 1 saturated carbocycles. The van der Waals surface area contributed by atoms with Crippen LogP contribution in [0.4, 0.5) is 0 Å². The van der Waals surface area contributed by atoms with Crippen molar-refractivity contribution in [3.8, 4) is 0 Å². The van der Waals surface area contributed by atoms with E-state index in [-0.39, 0.29) is 0 Å². The van der Waals surface area contributed by atoms with Gasteiger partial charge in [0.25, 0.3) is 0 Å². The minimum atomic E-state index is 0.580. The second-order valence-electron chi connectivity index (χ2n) is 5.54. The first kappa shape index (κ1) is 11.6. The lowest BCUT2D eigenvalue weighted by atomic mass is 10.1. The summed E-state index contributed by atoms with van der Waals surface area (Å²) in [5.41, 5.74) is 8.69. The third kappa shape index (κ3) is 2.83. The molecule has 1 unspecified atom stereocenters.